The summed E-state index contributed by atoms with van der Waals surface area (Å²) < 4.78 is 1.64. The molecule has 1 heterocycles. The maximum atomic E-state index is 11.9. The quantitative estimate of drug-likeness (QED) is 0.921. The first-order valence-electron chi connectivity index (χ1n) is 5.68. The summed E-state index contributed by atoms with van der Waals surface area (Å²) in [6, 6.07) is 5.39. The van der Waals surface area contributed by atoms with Gasteiger partial charge in [-0.05, 0) is 19.1 Å². The van der Waals surface area contributed by atoms with Gasteiger partial charge in [0.05, 0.1) is 16.1 Å². The summed E-state index contributed by atoms with van der Waals surface area (Å²) in [5.74, 6) is 0.277. The Hall–Kier alpha value is -1.75. The van der Waals surface area contributed by atoms with Crippen LogP contribution in [0, 0.1) is 0 Å². The molecule has 5 nitrogen and oxygen atoms in total. The summed E-state index contributed by atoms with van der Waals surface area (Å²) in [7, 11) is 1.75. The van der Waals surface area contributed by atoms with Crippen molar-refractivity contribution in [2.24, 2.45) is 0 Å². The number of imidazole rings is 1. The van der Waals surface area contributed by atoms with Gasteiger partial charge in [0.1, 0.15) is 6.54 Å². The van der Waals surface area contributed by atoms with Crippen LogP contribution in [0.25, 0.3) is 11.0 Å². The molecule has 1 aromatic heterocycles. The zero-order valence-corrected chi connectivity index (χ0v) is 11.1. The lowest BCUT2D eigenvalue weighted by Crippen LogP contribution is -2.30. The van der Waals surface area contributed by atoms with Gasteiger partial charge in [0.2, 0.25) is 11.9 Å². The molecule has 0 aliphatic heterocycles. The third-order valence-electron chi connectivity index (χ3n) is 2.94. The Bertz CT molecular complexity index is 593. The first kappa shape index (κ1) is 12.7. The number of nitrogens with two attached hydrogens (primary N) is 1. The number of fused-ring (bicyclic) bond motifs is 1. The van der Waals surface area contributed by atoms with Crippen molar-refractivity contribution in [1.82, 2.24) is 14.5 Å². The van der Waals surface area contributed by atoms with E-state index in [1.54, 1.807) is 28.6 Å². The average Bonchev–Trinajstić information content (AvgIpc) is 2.66. The summed E-state index contributed by atoms with van der Waals surface area (Å²) in [5.41, 5.74) is 7.24. The van der Waals surface area contributed by atoms with Gasteiger partial charge < -0.3 is 10.6 Å². The van der Waals surface area contributed by atoms with Crippen LogP contribution in [0.3, 0.4) is 0 Å². The molecule has 6 heteroatoms. The predicted octanol–water partition coefficient (Wildman–Crippen LogP) is 1.75. The first-order chi connectivity index (χ1) is 8.54. The van der Waals surface area contributed by atoms with Gasteiger partial charge in [-0.2, -0.15) is 0 Å². The maximum Gasteiger partial charge on any atom is 0.242 e. The fourth-order valence-corrected chi connectivity index (χ4v) is 2.02. The number of para-hydroxylation sites is 1. The van der Waals surface area contributed by atoms with Gasteiger partial charge >= 0.3 is 0 Å². The largest absolute Gasteiger partial charge is 0.369 e. The highest BCUT2D eigenvalue weighted by Crippen LogP contribution is 2.25. The minimum atomic E-state index is -0.0246. The van der Waals surface area contributed by atoms with Crippen LogP contribution < -0.4 is 5.73 Å². The summed E-state index contributed by atoms with van der Waals surface area (Å²) in [6.07, 6.45) is 0. The molecule has 0 aliphatic carbocycles. The number of hydrogen-bond donors (Lipinski definition) is 1. The van der Waals surface area contributed by atoms with E-state index in [2.05, 4.69) is 4.98 Å². The van der Waals surface area contributed by atoms with Gasteiger partial charge in [0, 0.05) is 13.6 Å². The molecule has 0 bridgehead atoms. The van der Waals surface area contributed by atoms with Crippen LogP contribution in [0.15, 0.2) is 18.2 Å². The zero-order chi connectivity index (χ0) is 13.3. The van der Waals surface area contributed by atoms with E-state index in [0.29, 0.717) is 28.5 Å². The molecule has 2 N–H and O–H groups in total. The Morgan fingerprint density at radius 2 is 2.28 bits per heavy atom. The highest BCUT2D eigenvalue weighted by molar-refractivity contribution is 6.35. The molecule has 0 radical (unpaired) electrons. The molecule has 96 valence electrons. The lowest BCUT2D eigenvalue weighted by atomic mass is 10.3. The lowest BCUT2D eigenvalue weighted by molar-refractivity contribution is -0.130. The van der Waals surface area contributed by atoms with Gasteiger partial charge in [-0.15, -0.1) is 0 Å². The van der Waals surface area contributed by atoms with E-state index < -0.39 is 0 Å². The van der Waals surface area contributed by atoms with Crippen molar-refractivity contribution in [3.8, 4) is 0 Å². The Morgan fingerprint density at radius 3 is 2.94 bits per heavy atom. The minimum Gasteiger partial charge on any atom is -0.369 e. The van der Waals surface area contributed by atoms with Crippen LogP contribution in [0.2, 0.25) is 5.02 Å². The molecule has 0 saturated carbocycles. The third-order valence-corrected chi connectivity index (χ3v) is 3.25. The normalized spacial score (nSPS) is 10.8. The van der Waals surface area contributed by atoms with E-state index >= 15 is 0 Å². The second-order valence-electron chi connectivity index (χ2n) is 4.07. The highest BCUT2D eigenvalue weighted by atomic mass is 35.5. The van der Waals surface area contributed by atoms with Gasteiger partial charge in [-0.1, -0.05) is 17.7 Å². The molecule has 0 fully saturated rings. The molecule has 1 aromatic carbocycles. The number of likely N-dealkylation sites (N-methyl/N-ethyl adjacent to an activating group) is 1. The highest BCUT2D eigenvalue weighted by Gasteiger charge is 2.15. The smallest absolute Gasteiger partial charge is 0.242 e. The van der Waals surface area contributed by atoms with Gasteiger partial charge in [-0.25, -0.2) is 4.98 Å². The summed E-state index contributed by atoms with van der Waals surface area (Å²) in [5, 5.41) is 0.545. The van der Waals surface area contributed by atoms with E-state index in [0.717, 1.165) is 0 Å². The minimum absolute atomic E-state index is 0.0246. The van der Waals surface area contributed by atoms with Crippen molar-refractivity contribution >= 4 is 34.5 Å². The standard InChI is InChI=1S/C12H15ClN4O/c1-3-16(2)10(18)7-17-11-8(13)5-4-6-9(11)15-12(17)14/h4-6H,3,7H2,1-2H3,(H2,14,15). The molecule has 0 unspecified atom stereocenters. The van der Waals surface area contributed by atoms with Crippen molar-refractivity contribution in [2.75, 3.05) is 19.3 Å². The molecule has 0 spiro atoms. The average molecular weight is 267 g/mol. The number of carbonyl (C=O) groups is 1. The number of nitrogens with zero attached hydrogens (tertiary/aromatic N) is 3. The van der Waals surface area contributed by atoms with Crippen LogP contribution in [-0.4, -0.2) is 34.0 Å². The molecule has 1 amide bonds. The molecule has 0 atom stereocenters. The van der Waals surface area contributed by atoms with E-state index in [1.807, 2.05) is 13.0 Å². The van der Waals surface area contributed by atoms with Crippen molar-refractivity contribution in [2.45, 2.75) is 13.5 Å². The van der Waals surface area contributed by atoms with Crippen molar-refractivity contribution < 1.29 is 4.79 Å². The first-order valence-corrected chi connectivity index (χ1v) is 6.06. The van der Waals surface area contributed by atoms with Crippen molar-refractivity contribution in [1.29, 1.82) is 0 Å². The Labute approximate surface area is 110 Å². The summed E-state index contributed by atoms with van der Waals surface area (Å²) in [4.78, 5) is 17.8. The Balaban J connectivity index is 2.44. The van der Waals surface area contributed by atoms with Crippen molar-refractivity contribution in [3.63, 3.8) is 0 Å². The molecule has 0 saturated heterocycles. The number of halogens is 1. The molecule has 0 aliphatic rings. The Kier molecular flexibility index (Phi) is 3.43. The molecule has 18 heavy (non-hydrogen) atoms. The predicted molar refractivity (Wildman–Crippen MR) is 72.5 cm³/mol. The number of anilines is 1. The second kappa shape index (κ2) is 4.86. The van der Waals surface area contributed by atoms with Gasteiger partial charge in [-0.3, -0.25) is 9.36 Å². The van der Waals surface area contributed by atoms with E-state index in [4.69, 9.17) is 17.3 Å². The van der Waals surface area contributed by atoms with Crippen molar-refractivity contribution in [3.05, 3.63) is 23.2 Å². The molecular formula is C12H15ClN4O. The van der Waals surface area contributed by atoms with Crippen LogP contribution >= 0.6 is 11.6 Å². The Morgan fingerprint density at radius 1 is 1.56 bits per heavy atom. The third kappa shape index (κ3) is 2.13. The van der Waals surface area contributed by atoms with E-state index in [9.17, 15) is 4.79 Å². The van der Waals surface area contributed by atoms with E-state index in [1.165, 1.54) is 0 Å². The van der Waals surface area contributed by atoms with E-state index in [-0.39, 0.29) is 12.5 Å². The number of hydrogen-bond acceptors (Lipinski definition) is 3. The lowest BCUT2D eigenvalue weighted by Gasteiger charge is -2.15. The summed E-state index contributed by atoms with van der Waals surface area (Å²) in [6.45, 7) is 2.72. The number of aromatic nitrogens is 2. The fraction of sp³-hybridized carbons (Fsp3) is 0.333. The SMILES string of the molecule is CCN(C)C(=O)Cn1c(N)nc2cccc(Cl)c21. The topological polar surface area (TPSA) is 64.2 Å². The van der Waals surface area contributed by atoms with Crippen LogP contribution in [0.4, 0.5) is 5.95 Å². The second-order valence-corrected chi connectivity index (χ2v) is 4.48. The number of amides is 1. The number of rotatable bonds is 3. The van der Waals surface area contributed by atoms with Crippen LogP contribution in [-0.2, 0) is 11.3 Å². The van der Waals surface area contributed by atoms with Gasteiger partial charge in [0.15, 0.2) is 0 Å². The number of carbonyl (C=O) groups excluding carboxylic acids is 1. The zero-order valence-electron chi connectivity index (χ0n) is 10.4. The van der Waals surface area contributed by atoms with Gasteiger partial charge in [0.25, 0.3) is 0 Å². The molecule has 2 rings (SSSR count). The van der Waals surface area contributed by atoms with Crippen LogP contribution in [0.1, 0.15) is 6.92 Å². The molecular weight excluding hydrogens is 252 g/mol. The van der Waals surface area contributed by atoms with Crippen LogP contribution in [0.5, 0.6) is 0 Å². The fourth-order valence-electron chi connectivity index (χ4n) is 1.75. The maximum absolute atomic E-state index is 11.9. The number of benzene rings is 1. The summed E-state index contributed by atoms with van der Waals surface area (Å²) >= 11 is 6.13. The monoisotopic (exact) mass is 266 g/mol. The number of nitrogen functional groups attached to an aromatic ring is 1. The molecule has 2 aromatic rings.